The standard InChI is InChI=1S/C22H13ClF3N5O3/c23-15-5-12(6-16-19(15)34-10-18(32)30-16)29-21(33)14-8-28-31(20(14)22(24,25)26)17-9-27-7-11-3-1-2-4-13(11)17/h1-9H,10H2,(H,29,33)(H,30,32). The van der Waals surface area contributed by atoms with Crippen LogP contribution < -0.4 is 15.4 Å². The van der Waals surface area contributed by atoms with Gasteiger partial charge in [0, 0.05) is 22.7 Å². The first-order valence-electron chi connectivity index (χ1n) is 9.78. The summed E-state index contributed by atoms with van der Waals surface area (Å²) >= 11 is 6.14. The number of nitrogens with zero attached hydrogens (tertiary/aromatic N) is 3. The first-order chi connectivity index (χ1) is 16.2. The van der Waals surface area contributed by atoms with Crippen LogP contribution in [0.5, 0.6) is 5.75 Å². The van der Waals surface area contributed by atoms with Gasteiger partial charge in [-0.3, -0.25) is 14.6 Å². The van der Waals surface area contributed by atoms with Gasteiger partial charge in [-0.2, -0.15) is 18.3 Å². The molecule has 0 saturated carbocycles. The Morgan fingerprint density at radius 1 is 1.18 bits per heavy atom. The van der Waals surface area contributed by atoms with Gasteiger partial charge < -0.3 is 15.4 Å². The van der Waals surface area contributed by atoms with Crippen LogP contribution in [-0.4, -0.2) is 33.2 Å². The number of anilines is 2. The Morgan fingerprint density at radius 3 is 2.76 bits per heavy atom. The maximum Gasteiger partial charge on any atom is 0.434 e. The highest BCUT2D eigenvalue weighted by Gasteiger charge is 2.41. The number of benzene rings is 2. The number of fused-ring (bicyclic) bond motifs is 2. The van der Waals surface area contributed by atoms with Crippen molar-refractivity contribution in [2.75, 3.05) is 17.2 Å². The molecular weight excluding hydrogens is 475 g/mol. The second kappa shape index (κ2) is 8.03. The average Bonchev–Trinajstić information content (AvgIpc) is 3.24. The van der Waals surface area contributed by atoms with Gasteiger partial charge in [-0.25, -0.2) is 4.68 Å². The van der Waals surface area contributed by atoms with Crippen LogP contribution in [0.2, 0.25) is 5.02 Å². The molecule has 4 aromatic rings. The number of rotatable bonds is 3. The van der Waals surface area contributed by atoms with Crippen molar-refractivity contribution in [2.45, 2.75) is 6.18 Å². The fourth-order valence-electron chi connectivity index (χ4n) is 3.67. The van der Waals surface area contributed by atoms with Crippen LogP contribution >= 0.6 is 11.6 Å². The van der Waals surface area contributed by atoms with E-state index in [4.69, 9.17) is 16.3 Å². The quantitative estimate of drug-likeness (QED) is 0.437. The number of hydrogen-bond acceptors (Lipinski definition) is 5. The van der Waals surface area contributed by atoms with Gasteiger partial charge in [-0.15, -0.1) is 0 Å². The minimum Gasteiger partial charge on any atom is -0.480 e. The zero-order valence-electron chi connectivity index (χ0n) is 17.0. The summed E-state index contributed by atoms with van der Waals surface area (Å²) in [6.45, 7) is -0.227. The molecule has 0 unspecified atom stereocenters. The van der Waals surface area contributed by atoms with E-state index in [1.54, 1.807) is 24.3 Å². The van der Waals surface area contributed by atoms with Crippen molar-refractivity contribution in [3.63, 3.8) is 0 Å². The topological polar surface area (TPSA) is 98.1 Å². The van der Waals surface area contributed by atoms with Crippen molar-refractivity contribution in [1.82, 2.24) is 14.8 Å². The van der Waals surface area contributed by atoms with Gasteiger partial charge in [0.1, 0.15) is 0 Å². The molecule has 3 heterocycles. The second-order valence-corrected chi connectivity index (χ2v) is 7.73. The number of halogens is 4. The van der Waals surface area contributed by atoms with Gasteiger partial charge in [0.2, 0.25) is 0 Å². The molecule has 2 amide bonds. The van der Waals surface area contributed by atoms with Gasteiger partial charge >= 0.3 is 6.18 Å². The molecule has 0 bridgehead atoms. The molecule has 172 valence electrons. The van der Waals surface area contributed by atoms with Crippen molar-refractivity contribution < 1.29 is 27.5 Å². The van der Waals surface area contributed by atoms with Crippen LogP contribution in [0, 0.1) is 0 Å². The van der Waals surface area contributed by atoms with E-state index in [1.807, 2.05) is 0 Å². The maximum atomic E-state index is 14.1. The Morgan fingerprint density at radius 2 is 1.97 bits per heavy atom. The van der Waals surface area contributed by atoms with Crippen LogP contribution in [-0.2, 0) is 11.0 Å². The summed E-state index contributed by atoms with van der Waals surface area (Å²) in [6, 6.07) is 9.40. The third-order valence-electron chi connectivity index (χ3n) is 5.08. The predicted molar refractivity (Wildman–Crippen MR) is 117 cm³/mol. The average molecular weight is 488 g/mol. The Hall–Kier alpha value is -4.12. The zero-order chi connectivity index (χ0) is 24.0. The SMILES string of the molecule is O=C1COc2c(Cl)cc(NC(=O)c3cnn(-c4cncc5ccccc45)c3C(F)(F)F)cc2N1. The molecule has 0 spiro atoms. The molecule has 5 rings (SSSR count). The highest BCUT2D eigenvalue weighted by molar-refractivity contribution is 6.33. The summed E-state index contributed by atoms with van der Waals surface area (Å²) in [5.74, 6) is -1.30. The van der Waals surface area contributed by atoms with E-state index >= 15 is 0 Å². The van der Waals surface area contributed by atoms with Gasteiger partial charge in [0.05, 0.1) is 34.4 Å². The number of pyridine rings is 1. The Bertz CT molecular complexity index is 1460. The van der Waals surface area contributed by atoms with E-state index in [1.165, 1.54) is 24.5 Å². The molecular formula is C22H13ClF3N5O3. The number of alkyl halides is 3. The summed E-state index contributed by atoms with van der Waals surface area (Å²) in [4.78, 5) is 28.5. The second-order valence-electron chi connectivity index (χ2n) is 7.32. The molecule has 0 fully saturated rings. The third kappa shape index (κ3) is 3.79. The lowest BCUT2D eigenvalue weighted by molar-refractivity contribution is -0.143. The summed E-state index contributed by atoms with van der Waals surface area (Å²) in [5.41, 5.74) is -1.64. The fraction of sp³-hybridized carbons (Fsp3) is 0.0909. The van der Waals surface area contributed by atoms with Gasteiger partial charge in [-0.1, -0.05) is 35.9 Å². The lowest BCUT2D eigenvalue weighted by Crippen LogP contribution is -2.26. The number of carbonyl (C=O) groups excluding carboxylic acids is 2. The summed E-state index contributed by atoms with van der Waals surface area (Å²) < 4.78 is 48.2. The number of nitrogens with one attached hydrogen (secondary N) is 2. The lowest BCUT2D eigenvalue weighted by atomic mass is 10.1. The van der Waals surface area contributed by atoms with Crippen LogP contribution in [0.4, 0.5) is 24.5 Å². The van der Waals surface area contributed by atoms with Crippen LogP contribution in [0.25, 0.3) is 16.5 Å². The fourth-order valence-corrected chi connectivity index (χ4v) is 3.94. The summed E-state index contributed by atoms with van der Waals surface area (Å²) in [7, 11) is 0. The minimum atomic E-state index is -4.91. The molecule has 34 heavy (non-hydrogen) atoms. The highest BCUT2D eigenvalue weighted by atomic mass is 35.5. The lowest BCUT2D eigenvalue weighted by Gasteiger charge is -2.20. The maximum absolute atomic E-state index is 14.1. The van der Waals surface area contributed by atoms with Crippen LogP contribution in [0.1, 0.15) is 16.1 Å². The predicted octanol–water partition coefficient (Wildman–Crippen LogP) is 4.68. The van der Waals surface area contributed by atoms with E-state index in [9.17, 15) is 22.8 Å². The Kier molecular flexibility index (Phi) is 5.13. The van der Waals surface area contributed by atoms with Crippen LogP contribution in [0.3, 0.4) is 0 Å². The van der Waals surface area contributed by atoms with Crippen molar-refractivity contribution in [1.29, 1.82) is 0 Å². The molecule has 0 saturated heterocycles. The van der Waals surface area contributed by atoms with Gasteiger partial charge in [0.25, 0.3) is 11.8 Å². The Balaban J connectivity index is 1.56. The molecule has 1 aliphatic heterocycles. The van der Waals surface area contributed by atoms with Crippen molar-refractivity contribution in [3.05, 3.63) is 71.3 Å². The zero-order valence-corrected chi connectivity index (χ0v) is 17.7. The van der Waals surface area contributed by atoms with E-state index in [-0.39, 0.29) is 34.4 Å². The summed E-state index contributed by atoms with van der Waals surface area (Å²) in [5, 5.41) is 9.93. The summed E-state index contributed by atoms with van der Waals surface area (Å²) in [6.07, 6.45) is -1.30. The molecule has 1 aliphatic rings. The normalized spacial score (nSPS) is 13.2. The largest absolute Gasteiger partial charge is 0.480 e. The van der Waals surface area contributed by atoms with Gasteiger partial charge in [-0.05, 0) is 12.1 Å². The van der Waals surface area contributed by atoms with Crippen molar-refractivity contribution in [3.8, 4) is 11.4 Å². The van der Waals surface area contributed by atoms with E-state index in [2.05, 4.69) is 20.7 Å². The molecule has 0 radical (unpaired) electrons. The van der Waals surface area contributed by atoms with E-state index in [0.717, 1.165) is 6.20 Å². The first-order valence-corrected chi connectivity index (χ1v) is 10.2. The van der Waals surface area contributed by atoms with E-state index in [0.29, 0.717) is 15.5 Å². The van der Waals surface area contributed by atoms with Crippen molar-refractivity contribution >= 4 is 45.6 Å². The molecule has 8 nitrogen and oxygen atoms in total. The molecule has 2 aromatic carbocycles. The number of ether oxygens (including phenoxy) is 1. The molecule has 0 atom stereocenters. The number of amides is 2. The van der Waals surface area contributed by atoms with Crippen molar-refractivity contribution in [2.24, 2.45) is 0 Å². The van der Waals surface area contributed by atoms with Gasteiger partial charge in [0.15, 0.2) is 18.1 Å². The number of hydrogen-bond donors (Lipinski definition) is 2. The molecule has 12 heteroatoms. The first kappa shape index (κ1) is 21.7. The molecule has 2 aromatic heterocycles. The van der Waals surface area contributed by atoms with Crippen LogP contribution in [0.15, 0.2) is 55.0 Å². The van der Waals surface area contributed by atoms with E-state index < -0.39 is 29.2 Å². The number of aromatic nitrogens is 3. The molecule has 2 N–H and O–H groups in total. The smallest absolute Gasteiger partial charge is 0.434 e. The third-order valence-corrected chi connectivity index (χ3v) is 5.36. The minimum absolute atomic E-state index is 0.0623. The molecule has 0 aliphatic carbocycles. The number of carbonyl (C=O) groups is 2. The Labute approximate surface area is 194 Å². The highest BCUT2D eigenvalue weighted by Crippen LogP contribution is 2.39. The monoisotopic (exact) mass is 487 g/mol.